The molecule has 0 aliphatic carbocycles. The van der Waals surface area contributed by atoms with Gasteiger partial charge in [-0.2, -0.15) is 5.10 Å². The molecule has 0 bridgehead atoms. The highest BCUT2D eigenvalue weighted by Gasteiger charge is 2.14. The van der Waals surface area contributed by atoms with Crippen LogP contribution in [-0.4, -0.2) is 20.7 Å². The molecule has 88 valence electrons. The summed E-state index contributed by atoms with van der Waals surface area (Å²) in [5.74, 6) is -0.343. The quantitative estimate of drug-likeness (QED) is 0.788. The summed E-state index contributed by atoms with van der Waals surface area (Å²) in [6.45, 7) is 0. The van der Waals surface area contributed by atoms with Gasteiger partial charge in [0.1, 0.15) is 10.8 Å². The van der Waals surface area contributed by atoms with Crippen LogP contribution in [-0.2, 0) is 7.05 Å². The van der Waals surface area contributed by atoms with E-state index in [4.69, 9.17) is 17.3 Å². The monoisotopic (exact) mass is 251 g/mol. The lowest BCUT2D eigenvalue weighted by Gasteiger charge is -2.06. The zero-order chi connectivity index (χ0) is 12.4. The van der Waals surface area contributed by atoms with Crippen LogP contribution in [0.1, 0.15) is 10.5 Å². The van der Waals surface area contributed by atoms with E-state index in [0.29, 0.717) is 22.2 Å². The minimum absolute atomic E-state index is 0.304. The summed E-state index contributed by atoms with van der Waals surface area (Å²) in [6, 6.07) is 3.18. The summed E-state index contributed by atoms with van der Waals surface area (Å²) in [7, 11) is 1.64. The highest BCUT2D eigenvalue weighted by Crippen LogP contribution is 2.15. The maximum Gasteiger partial charge on any atom is 0.276 e. The smallest absolute Gasteiger partial charge is 0.276 e. The molecule has 0 aliphatic rings. The van der Waals surface area contributed by atoms with E-state index in [0.717, 1.165) is 0 Å². The summed E-state index contributed by atoms with van der Waals surface area (Å²) in [5.41, 5.74) is 6.82. The summed E-state index contributed by atoms with van der Waals surface area (Å²) < 4.78 is 1.41. The molecule has 0 unspecified atom stereocenters. The largest absolute Gasteiger partial charge is 0.396 e. The van der Waals surface area contributed by atoms with Crippen LogP contribution >= 0.6 is 11.6 Å². The number of hydrogen-bond donors (Lipinski definition) is 2. The van der Waals surface area contributed by atoms with Crippen molar-refractivity contribution in [2.75, 3.05) is 11.1 Å². The number of nitrogen functional groups attached to an aromatic ring is 1. The fraction of sp³-hybridized carbons (Fsp3) is 0.100. The van der Waals surface area contributed by atoms with Crippen molar-refractivity contribution in [2.24, 2.45) is 7.05 Å². The number of rotatable bonds is 2. The zero-order valence-electron chi connectivity index (χ0n) is 9.01. The van der Waals surface area contributed by atoms with E-state index in [1.165, 1.54) is 17.1 Å². The molecule has 0 aromatic carbocycles. The Hall–Kier alpha value is -2.08. The van der Waals surface area contributed by atoms with Gasteiger partial charge in [0, 0.05) is 18.9 Å². The Morgan fingerprint density at radius 3 is 2.94 bits per heavy atom. The first kappa shape index (κ1) is 11.4. The topological polar surface area (TPSA) is 85.8 Å². The summed E-state index contributed by atoms with van der Waals surface area (Å²) in [4.78, 5) is 15.7. The molecule has 0 spiro atoms. The summed E-state index contributed by atoms with van der Waals surface area (Å²) in [5, 5.41) is 6.86. The van der Waals surface area contributed by atoms with Crippen molar-refractivity contribution in [3.05, 3.63) is 35.4 Å². The number of aryl methyl sites for hydroxylation is 1. The average molecular weight is 252 g/mol. The van der Waals surface area contributed by atoms with Gasteiger partial charge in [-0.05, 0) is 12.1 Å². The second kappa shape index (κ2) is 4.42. The Morgan fingerprint density at radius 2 is 2.35 bits per heavy atom. The summed E-state index contributed by atoms with van der Waals surface area (Å²) in [6.07, 6.45) is 2.93. The van der Waals surface area contributed by atoms with Crippen molar-refractivity contribution in [2.45, 2.75) is 0 Å². The first-order chi connectivity index (χ1) is 8.08. The number of pyridine rings is 1. The van der Waals surface area contributed by atoms with Gasteiger partial charge in [0.05, 0.1) is 11.9 Å². The van der Waals surface area contributed by atoms with Gasteiger partial charge in [0.15, 0.2) is 0 Å². The van der Waals surface area contributed by atoms with Crippen molar-refractivity contribution in [3.8, 4) is 0 Å². The van der Waals surface area contributed by atoms with Gasteiger partial charge in [0.25, 0.3) is 5.91 Å². The first-order valence-electron chi connectivity index (χ1n) is 4.78. The Kier molecular flexibility index (Phi) is 2.97. The van der Waals surface area contributed by atoms with Gasteiger partial charge in [0.2, 0.25) is 0 Å². The highest BCUT2D eigenvalue weighted by atomic mass is 35.5. The van der Waals surface area contributed by atoms with Gasteiger partial charge >= 0.3 is 0 Å². The number of nitrogens with two attached hydrogens (primary N) is 1. The molecule has 3 N–H and O–H groups in total. The maximum atomic E-state index is 11.9. The molecule has 2 aromatic rings. The van der Waals surface area contributed by atoms with E-state index in [1.807, 2.05) is 0 Å². The van der Waals surface area contributed by atoms with E-state index >= 15 is 0 Å². The molecular weight excluding hydrogens is 242 g/mol. The molecule has 0 saturated heterocycles. The molecule has 2 aromatic heterocycles. The second-order valence-corrected chi connectivity index (χ2v) is 3.78. The highest BCUT2D eigenvalue weighted by molar-refractivity contribution is 6.29. The SMILES string of the molecule is Cn1ncc(N)c1C(=O)Nc1ccnc(Cl)c1. The standard InChI is InChI=1S/C10H10ClN5O/c1-16-9(7(12)5-14-16)10(17)15-6-2-3-13-8(11)4-6/h2-5H,12H2,1H3,(H,13,15,17). The lowest BCUT2D eigenvalue weighted by molar-refractivity contribution is 0.101. The minimum Gasteiger partial charge on any atom is -0.396 e. The third kappa shape index (κ3) is 2.36. The van der Waals surface area contributed by atoms with Crippen LogP contribution in [0.5, 0.6) is 0 Å². The average Bonchev–Trinajstić information content (AvgIpc) is 2.58. The Morgan fingerprint density at radius 1 is 1.59 bits per heavy atom. The number of hydrogen-bond acceptors (Lipinski definition) is 4. The molecule has 0 saturated carbocycles. The van der Waals surface area contributed by atoms with Crippen LogP contribution in [0.3, 0.4) is 0 Å². The number of nitrogens with zero attached hydrogens (tertiary/aromatic N) is 3. The first-order valence-corrected chi connectivity index (χ1v) is 5.16. The lowest BCUT2D eigenvalue weighted by Crippen LogP contribution is -2.17. The molecule has 0 radical (unpaired) electrons. The Balaban J connectivity index is 2.23. The fourth-order valence-corrected chi connectivity index (χ4v) is 1.58. The van der Waals surface area contributed by atoms with Crippen LogP contribution < -0.4 is 11.1 Å². The van der Waals surface area contributed by atoms with Crippen LogP contribution in [0.2, 0.25) is 5.15 Å². The van der Waals surface area contributed by atoms with E-state index in [1.54, 1.807) is 19.2 Å². The summed E-state index contributed by atoms with van der Waals surface area (Å²) >= 11 is 5.71. The molecule has 2 rings (SSSR count). The van der Waals surface area contributed by atoms with Gasteiger partial charge in [-0.1, -0.05) is 11.6 Å². The predicted molar refractivity (Wildman–Crippen MR) is 64.8 cm³/mol. The molecule has 0 atom stereocenters. The van der Waals surface area contributed by atoms with Crippen LogP contribution in [0.15, 0.2) is 24.5 Å². The van der Waals surface area contributed by atoms with E-state index in [9.17, 15) is 4.79 Å². The molecule has 6 nitrogen and oxygen atoms in total. The van der Waals surface area contributed by atoms with E-state index in [-0.39, 0.29) is 5.91 Å². The fourth-order valence-electron chi connectivity index (χ4n) is 1.40. The molecular formula is C10H10ClN5O. The van der Waals surface area contributed by atoms with Crippen molar-refractivity contribution in [1.82, 2.24) is 14.8 Å². The number of anilines is 2. The van der Waals surface area contributed by atoms with Crippen molar-refractivity contribution < 1.29 is 4.79 Å². The normalized spacial score (nSPS) is 10.2. The Bertz CT molecular complexity index is 546. The van der Waals surface area contributed by atoms with Gasteiger partial charge < -0.3 is 11.1 Å². The van der Waals surface area contributed by atoms with Gasteiger partial charge in [-0.25, -0.2) is 4.98 Å². The van der Waals surface area contributed by atoms with Crippen LogP contribution in [0.25, 0.3) is 0 Å². The number of aromatic nitrogens is 3. The van der Waals surface area contributed by atoms with E-state index in [2.05, 4.69) is 15.4 Å². The lowest BCUT2D eigenvalue weighted by atomic mass is 10.3. The minimum atomic E-state index is -0.343. The van der Waals surface area contributed by atoms with Gasteiger partial charge in [-0.15, -0.1) is 0 Å². The van der Waals surface area contributed by atoms with E-state index < -0.39 is 0 Å². The zero-order valence-corrected chi connectivity index (χ0v) is 9.77. The number of amides is 1. The van der Waals surface area contributed by atoms with Crippen LogP contribution in [0, 0.1) is 0 Å². The van der Waals surface area contributed by atoms with Crippen LogP contribution in [0.4, 0.5) is 11.4 Å². The third-order valence-electron chi connectivity index (χ3n) is 2.17. The second-order valence-electron chi connectivity index (χ2n) is 3.39. The number of nitrogens with one attached hydrogen (secondary N) is 1. The number of halogens is 1. The maximum absolute atomic E-state index is 11.9. The molecule has 2 heterocycles. The predicted octanol–water partition coefficient (Wildman–Crippen LogP) is 1.30. The Labute approximate surface area is 102 Å². The van der Waals surface area contributed by atoms with Gasteiger partial charge in [-0.3, -0.25) is 9.48 Å². The number of carbonyl (C=O) groups is 1. The van der Waals surface area contributed by atoms with Crippen molar-refractivity contribution >= 4 is 28.9 Å². The number of carbonyl (C=O) groups excluding carboxylic acids is 1. The molecule has 7 heteroatoms. The molecule has 17 heavy (non-hydrogen) atoms. The third-order valence-corrected chi connectivity index (χ3v) is 2.37. The van der Waals surface area contributed by atoms with Crippen molar-refractivity contribution in [1.29, 1.82) is 0 Å². The molecule has 0 fully saturated rings. The molecule has 1 amide bonds. The molecule has 0 aliphatic heterocycles. The van der Waals surface area contributed by atoms with Crippen molar-refractivity contribution in [3.63, 3.8) is 0 Å².